The number of aryl methyl sites for hydroxylation is 1. The van der Waals surface area contributed by atoms with E-state index in [4.69, 9.17) is 13.9 Å². The Kier molecular flexibility index (Phi) is 5.26. The molecule has 0 bridgehead atoms. The highest BCUT2D eigenvalue weighted by Crippen LogP contribution is 2.33. The van der Waals surface area contributed by atoms with Gasteiger partial charge in [-0.1, -0.05) is 18.2 Å². The molecule has 0 aliphatic carbocycles. The van der Waals surface area contributed by atoms with E-state index in [0.29, 0.717) is 28.5 Å². The van der Waals surface area contributed by atoms with E-state index < -0.39 is 5.91 Å². The van der Waals surface area contributed by atoms with Crippen molar-refractivity contribution < 1.29 is 23.5 Å². The highest BCUT2D eigenvalue weighted by Gasteiger charge is 2.23. The van der Waals surface area contributed by atoms with Crippen LogP contribution in [0.5, 0.6) is 11.5 Å². The van der Waals surface area contributed by atoms with E-state index in [1.165, 1.54) is 0 Å². The van der Waals surface area contributed by atoms with Crippen LogP contribution >= 0.6 is 0 Å². The van der Waals surface area contributed by atoms with Crippen LogP contribution in [0.4, 0.5) is 5.69 Å². The fourth-order valence-corrected chi connectivity index (χ4v) is 3.08. The lowest BCUT2D eigenvalue weighted by atomic mass is 10.1. The Bertz CT molecular complexity index is 1150. The van der Waals surface area contributed by atoms with Crippen LogP contribution in [-0.2, 0) is 11.3 Å². The van der Waals surface area contributed by atoms with Crippen molar-refractivity contribution in [2.45, 2.75) is 13.5 Å². The summed E-state index contributed by atoms with van der Waals surface area (Å²) in [7, 11) is 1.56. The molecule has 2 N–H and O–H groups in total. The first-order valence-corrected chi connectivity index (χ1v) is 9.35. The van der Waals surface area contributed by atoms with E-state index in [-0.39, 0.29) is 18.2 Å². The lowest BCUT2D eigenvalue weighted by Gasteiger charge is -2.20. The summed E-state index contributed by atoms with van der Waals surface area (Å²) >= 11 is 0. The van der Waals surface area contributed by atoms with E-state index >= 15 is 0 Å². The Morgan fingerprint density at radius 2 is 2.00 bits per heavy atom. The summed E-state index contributed by atoms with van der Waals surface area (Å²) in [4.78, 5) is 24.9. The first-order chi connectivity index (χ1) is 14.5. The number of carbonyl (C=O) groups excluding carboxylic acids is 2. The minimum atomic E-state index is -0.406. The molecule has 7 heteroatoms. The predicted octanol–water partition coefficient (Wildman–Crippen LogP) is 3.90. The quantitative estimate of drug-likeness (QED) is 0.630. The zero-order valence-corrected chi connectivity index (χ0v) is 16.5. The maximum atomic E-state index is 12.5. The zero-order valence-electron chi connectivity index (χ0n) is 16.5. The number of nitrogens with one attached hydrogen (secondary N) is 2. The second-order valence-electron chi connectivity index (χ2n) is 6.71. The molecule has 2 amide bonds. The number of methoxy groups -OCH3 is 1. The van der Waals surface area contributed by atoms with Crippen molar-refractivity contribution in [1.82, 2.24) is 5.32 Å². The fourth-order valence-electron chi connectivity index (χ4n) is 3.08. The number of amides is 2. The lowest BCUT2D eigenvalue weighted by Crippen LogP contribution is -2.25. The summed E-state index contributed by atoms with van der Waals surface area (Å²) in [6, 6.07) is 15.8. The molecule has 3 aromatic rings. The smallest absolute Gasteiger partial charge is 0.291 e. The van der Waals surface area contributed by atoms with Gasteiger partial charge in [0, 0.05) is 11.1 Å². The normalized spacial score (nSPS) is 13.9. The molecule has 2 heterocycles. The molecule has 0 radical (unpaired) electrons. The van der Waals surface area contributed by atoms with Gasteiger partial charge in [-0.2, -0.15) is 0 Å². The van der Waals surface area contributed by atoms with Crippen LogP contribution in [0.25, 0.3) is 6.08 Å². The molecule has 0 atom stereocenters. The molecular weight excluding hydrogens is 384 g/mol. The second kappa shape index (κ2) is 8.16. The molecule has 0 saturated carbocycles. The number of fused-ring (bicyclic) bond motifs is 1. The molecule has 30 heavy (non-hydrogen) atoms. The molecule has 152 valence electrons. The number of hydrogen-bond donors (Lipinski definition) is 2. The van der Waals surface area contributed by atoms with Gasteiger partial charge >= 0.3 is 0 Å². The minimum absolute atomic E-state index is 0.136. The average molecular weight is 404 g/mol. The van der Waals surface area contributed by atoms with Gasteiger partial charge in [0.2, 0.25) is 0 Å². The van der Waals surface area contributed by atoms with Crippen molar-refractivity contribution in [3.63, 3.8) is 0 Å². The van der Waals surface area contributed by atoms with E-state index in [1.807, 2.05) is 37.3 Å². The summed E-state index contributed by atoms with van der Waals surface area (Å²) in [6.07, 6.45) is 1.61. The number of carbonyl (C=O) groups is 2. The lowest BCUT2D eigenvalue weighted by molar-refractivity contribution is -0.115. The van der Waals surface area contributed by atoms with Crippen LogP contribution in [0.15, 0.2) is 64.8 Å². The third-order valence-corrected chi connectivity index (χ3v) is 4.58. The Balaban J connectivity index is 1.50. The zero-order chi connectivity index (χ0) is 21.1. The van der Waals surface area contributed by atoms with Gasteiger partial charge in [0.1, 0.15) is 17.3 Å². The number of ether oxygens (including phenoxy) is 2. The molecule has 1 aromatic heterocycles. The van der Waals surface area contributed by atoms with Crippen molar-refractivity contribution >= 4 is 23.6 Å². The number of furan rings is 1. The van der Waals surface area contributed by atoms with Crippen molar-refractivity contribution in [3.8, 4) is 11.5 Å². The monoisotopic (exact) mass is 404 g/mol. The molecule has 4 rings (SSSR count). The van der Waals surface area contributed by atoms with Crippen LogP contribution in [0.1, 0.15) is 27.4 Å². The first-order valence-electron chi connectivity index (χ1n) is 9.35. The maximum Gasteiger partial charge on any atom is 0.291 e. The van der Waals surface area contributed by atoms with Gasteiger partial charge in [0.15, 0.2) is 11.5 Å². The number of para-hydroxylation sites is 1. The van der Waals surface area contributed by atoms with Gasteiger partial charge in [-0.15, -0.1) is 0 Å². The maximum absolute atomic E-state index is 12.5. The molecule has 1 aliphatic rings. The second-order valence-corrected chi connectivity index (χ2v) is 6.71. The molecule has 0 saturated heterocycles. The van der Waals surface area contributed by atoms with Crippen LogP contribution in [0, 0.1) is 6.92 Å². The van der Waals surface area contributed by atoms with Crippen LogP contribution < -0.4 is 20.1 Å². The van der Waals surface area contributed by atoms with Crippen LogP contribution in [-0.4, -0.2) is 18.9 Å². The number of rotatable bonds is 5. The summed E-state index contributed by atoms with van der Waals surface area (Å²) < 4.78 is 16.5. The third kappa shape index (κ3) is 4.05. The van der Waals surface area contributed by atoms with Crippen molar-refractivity contribution in [3.05, 3.63) is 83.0 Å². The molecule has 1 aliphatic heterocycles. The van der Waals surface area contributed by atoms with E-state index in [1.54, 1.807) is 37.5 Å². The highest BCUT2D eigenvalue weighted by molar-refractivity contribution is 6.09. The van der Waals surface area contributed by atoms with E-state index in [2.05, 4.69) is 10.6 Å². The SMILES string of the molecule is COc1ccccc1/C=C1/Oc2ccc(C(=O)NCc3ccc(C)o3)cc2NC1=O. The topological polar surface area (TPSA) is 89.8 Å². The highest BCUT2D eigenvalue weighted by atomic mass is 16.5. The van der Waals surface area contributed by atoms with Gasteiger partial charge < -0.3 is 24.5 Å². The third-order valence-electron chi connectivity index (χ3n) is 4.58. The standard InChI is InChI=1S/C23H20N2O5/c1-14-7-9-17(29-14)13-24-22(26)16-8-10-20-18(11-16)25-23(27)21(30-20)12-15-5-3-4-6-19(15)28-2/h3-12H,13H2,1-2H3,(H,24,26)(H,25,27)/b21-12+. The molecule has 0 spiro atoms. The number of hydrogen-bond acceptors (Lipinski definition) is 5. The summed E-state index contributed by atoms with van der Waals surface area (Å²) in [5, 5.41) is 5.56. The Hall–Kier alpha value is -4.00. The summed E-state index contributed by atoms with van der Waals surface area (Å²) in [5.41, 5.74) is 1.55. The van der Waals surface area contributed by atoms with Crippen LogP contribution in [0.2, 0.25) is 0 Å². The van der Waals surface area contributed by atoms with Gasteiger partial charge in [-0.25, -0.2) is 0 Å². The Labute approximate surface area is 173 Å². The molecule has 0 fully saturated rings. The summed E-state index contributed by atoms with van der Waals surface area (Å²) in [6.45, 7) is 2.12. The van der Waals surface area contributed by atoms with Gasteiger partial charge in [-0.3, -0.25) is 9.59 Å². The van der Waals surface area contributed by atoms with E-state index in [9.17, 15) is 9.59 Å². The number of benzene rings is 2. The molecular formula is C23H20N2O5. The van der Waals surface area contributed by atoms with Crippen LogP contribution in [0.3, 0.4) is 0 Å². The molecule has 0 unspecified atom stereocenters. The van der Waals surface area contributed by atoms with Gasteiger partial charge in [0.05, 0.1) is 19.3 Å². The Morgan fingerprint density at radius 3 is 2.77 bits per heavy atom. The van der Waals surface area contributed by atoms with E-state index in [0.717, 1.165) is 11.3 Å². The largest absolute Gasteiger partial charge is 0.496 e. The van der Waals surface area contributed by atoms with Crippen molar-refractivity contribution in [1.29, 1.82) is 0 Å². The minimum Gasteiger partial charge on any atom is -0.496 e. The van der Waals surface area contributed by atoms with Gasteiger partial charge in [0.25, 0.3) is 11.8 Å². The molecule has 7 nitrogen and oxygen atoms in total. The average Bonchev–Trinajstić information content (AvgIpc) is 3.17. The number of anilines is 1. The Morgan fingerprint density at radius 1 is 1.17 bits per heavy atom. The predicted molar refractivity (Wildman–Crippen MR) is 111 cm³/mol. The van der Waals surface area contributed by atoms with Crippen molar-refractivity contribution in [2.24, 2.45) is 0 Å². The van der Waals surface area contributed by atoms with Gasteiger partial charge in [-0.05, 0) is 49.4 Å². The van der Waals surface area contributed by atoms with Crippen molar-refractivity contribution in [2.75, 3.05) is 12.4 Å². The molecule has 2 aromatic carbocycles. The summed E-state index contributed by atoms with van der Waals surface area (Å²) in [5.74, 6) is 1.98. The fraction of sp³-hybridized carbons (Fsp3) is 0.130. The first kappa shape index (κ1) is 19.3.